The van der Waals surface area contributed by atoms with E-state index in [0.29, 0.717) is 5.69 Å². The van der Waals surface area contributed by atoms with E-state index in [9.17, 15) is 35.5 Å². The average molecular weight is 428 g/mol. The number of ketones is 1. The van der Waals surface area contributed by atoms with Crippen molar-refractivity contribution in [1.82, 2.24) is 0 Å². The lowest BCUT2D eigenvalue weighted by Gasteiger charge is -2.12. The zero-order valence-corrected chi connectivity index (χ0v) is 16.3. The minimum Gasteiger partial charge on any atom is -0.388 e. The van der Waals surface area contributed by atoms with Crippen LogP contribution in [0, 0.1) is 0 Å². The highest BCUT2D eigenvalue weighted by atomic mass is 32.2. The first kappa shape index (κ1) is 21.5. The molecule has 2 aromatic rings. The normalized spacial score (nSPS) is 11.7. The first-order chi connectivity index (χ1) is 12.8. The molecule has 0 aliphatic heterocycles. The Labute approximate surface area is 161 Å². The summed E-state index contributed by atoms with van der Waals surface area (Å²) in [5.74, 6) is -1.57. The minimum absolute atomic E-state index is 0.254. The zero-order chi connectivity index (χ0) is 21.3. The van der Waals surface area contributed by atoms with Gasteiger partial charge in [-0.3, -0.25) is 18.7 Å². The first-order valence-corrected chi connectivity index (χ1v) is 10.5. The molecule has 0 aromatic heterocycles. The summed E-state index contributed by atoms with van der Waals surface area (Å²) in [6.07, 6.45) is 0. The van der Waals surface area contributed by atoms with Crippen molar-refractivity contribution in [1.29, 1.82) is 0 Å². The van der Waals surface area contributed by atoms with Gasteiger partial charge in [-0.2, -0.15) is 16.8 Å². The van der Waals surface area contributed by atoms with E-state index < -0.39 is 41.7 Å². The van der Waals surface area contributed by atoms with E-state index in [1.807, 2.05) is 0 Å². The molecule has 10 nitrogen and oxygen atoms in total. The molecule has 0 aliphatic rings. The molecule has 2 rings (SSSR count). The third-order valence-electron chi connectivity index (χ3n) is 3.70. The van der Waals surface area contributed by atoms with Crippen molar-refractivity contribution in [3.05, 3.63) is 47.5 Å². The fourth-order valence-electron chi connectivity index (χ4n) is 2.36. The fourth-order valence-corrected chi connectivity index (χ4v) is 3.80. The van der Waals surface area contributed by atoms with Gasteiger partial charge in [-0.05, 0) is 43.3 Å². The lowest BCUT2D eigenvalue weighted by atomic mass is 10.1. The van der Waals surface area contributed by atoms with Crippen LogP contribution in [0.2, 0.25) is 0 Å². The van der Waals surface area contributed by atoms with Crippen LogP contribution in [0.4, 0.5) is 11.4 Å². The summed E-state index contributed by atoms with van der Waals surface area (Å²) < 4.78 is 64.8. The van der Waals surface area contributed by atoms with Gasteiger partial charge < -0.3 is 10.6 Å². The lowest BCUT2D eigenvalue weighted by molar-refractivity contribution is 0.100. The molecule has 0 saturated carbocycles. The molecule has 150 valence electrons. The summed E-state index contributed by atoms with van der Waals surface area (Å²) in [6.45, 7) is 1.09. The molecule has 0 saturated heterocycles. The van der Waals surface area contributed by atoms with E-state index in [4.69, 9.17) is 0 Å². The Balaban J connectivity index is 2.51. The number of carbonyl (C=O) groups excluding carboxylic acids is 2. The van der Waals surface area contributed by atoms with Gasteiger partial charge in [0.05, 0.1) is 5.69 Å². The van der Waals surface area contributed by atoms with Crippen LogP contribution in [0.25, 0.3) is 0 Å². The number of carbonyl (C=O) groups is 2. The van der Waals surface area contributed by atoms with Crippen LogP contribution < -0.4 is 10.6 Å². The van der Waals surface area contributed by atoms with Gasteiger partial charge in [0.25, 0.3) is 26.1 Å². The fraction of sp³-hybridized carbons (Fsp3) is 0.125. The SMILES string of the molecule is CNc1ccc(NC(=O)c2ccc(C(C)=O)c(S(=O)(=O)O)c2)c(S(=O)(=O)O)c1. The van der Waals surface area contributed by atoms with Gasteiger partial charge in [-0.25, -0.2) is 0 Å². The van der Waals surface area contributed by atoms with Gasteiger partial charge in [-0.15, -0.1) is 0 Å². The van der Waals surface area contributed by atoms with Crippen molar-refractivity contribution in [3.63, 3.8) is 0 Å². The molecular formula is C16H16N2O8S2. The number of anilines is 2. The van der Waals surface area contributed by atoms with Gasteiger partial charge in [0.15, 0.2) is 5.78 Å². The van der Waals surface area contributed by atoms with Crippen LogP contribution in [-0.2, 0) is 20.2 Å². The van der Waals surface area contributed by atoms with Crippen LogP contribution >= 0.6 is 0 Å². The maximum Gasteiger partial charge on any atom is 0.296 e. The van der Waals surface area contributed by atoms with Crippen LogP contribution in [0.5, 0.6) is 0 Å². The van der Waals surface area contributed by atoms with Crippen LogP contribution in [0.1, 0.15) is 27.6 Å². The van der Waals surface area contributed by atoms with Gasteiger partial charge in [0, 0.05) is 23.9 Å². The molecule has 0 radical (unpaired) electrons. The predicted molar refractivity (Wildman–Crippen MR) is 100 cm³/mol. The highest BCUT2D eigenvalue weighted by molar-refractivity contribution is 7.86. The van der Waals surface area contributed by atoms with Crippen molar-refractivity contribution in [2.75, 3.05) is 17.7 Å². The molecule has 0 heterocycles. The average Bonchev–Trinajstić information content (AvgIpc) is 2.59. The predicted octanol–water partition coefficient (Wildman–Crippen LogP) is 1.68. The second-order valence-electron chi connectivity index (χ2n) is 5.63. The standard InChI is InChI=1S/C16H16N2O8S2/c1-9(19)12-5-3-10(7-14(12)27(21,22)23)16(20)18-13-6-4-11(17-2)8-15(13)28(24,25)26/h3-8,17H,1-2H3,(H,18,20)(H,21,22,23)(H,24,25,26). The van der Waals surface area contributed by atoms with Gasteiger partial charge >= 0.3 is 0 Å². The molecule has 28 heavy (non-hydrogen) atoms. The minimum atomic E-state index is -4.79. The van der Waals surface area contributed by atoms with Gasteiger partial charge in [0.2, 0.25) is 0 Å². The van der Waals surface area contributed by atoms with Crippen LogP contribution in [0.15, 0.2) is 46.2 Å². The number of hydrogen-bond donors (Lipinski definition) is 4. The summed E-state index contributed by atoms with van der Waals surface area (Å²) in [7, 11) is -7.95. The molecular weight excluding hydrogens is 412 g/mol. The number of Topliss-reactive ketones (excluding diaryl/α,β-unsaturated/α-hetero) is 1. The molecule has 0 bridgehead atoms. The maximum absolute atomic E-state index is 12.4. The topological polar surface area (TPSA) is 167 Å². The second kappa shape index (κ2) is 7.67. The third-order valence-corrected chi connectivity index (χ3v) is 5.48. The number of amides is 1. The smallest absolute Gasteiger partial charge is 0.296 e. The molecule has 0 aliphatic carbocycles. The monoisotopic (exact) mass is 428 g/mol. The Kier molecular flexibility index (Phi) is 5.89. The van der Waals surface area contributed by atoms with Crippen molar-refractivity contribution in [3.8, 4) is 0 Å². The van der Waals surface area contributed by atoms with E-state index in [0.717, 1.165) is 31.2 Å². The maximum atomic E-state index is 12.4. The zero-order valence-electron chi connectivity index (χ0n) is 14.6. The third kappa shape index (κ3) is 4.72. The van der Waals surface area contributed by atoms with E-state index in [2.05, 4.69) is 10.6 Å². The van der Waals surface area contributed by atoms with Crippen molar-refractivity contribution in [2.24, 2.45) is 0 Å². The van der Waals surface area contributed by atoms with E-state index in [1.165, 1.54) is 19.2 Å². The van der Waals surface area contributed by atoms with Gasteiger partial charge in [-0.1, -0.05) is 0 Å². The summed E-state index contributed by atoms with van der Waals surface area (Å²) in [5, 5.41) is 4.92. The van der Waals surface area contributed by atoms with E-state index >= 15 is 0 Å². The second-order valence-corrected chi connectivity index (χ2v) is 8.41. The van der Waals surface area contributed by atoms with Crippen LogP contribution in [0.3, 0.4) is 0 Å². The Hall–Kier alpha value is -2.80. The van der Waals surface area contributed by atoms with Crippen molar-refractivity contribution >= 4 is 43.3 Å². The highest BCUT2D eigenvalue weighted by Crippen LogP contribution is 2.26. The molecule has 1 amide bonds. The molecule has 0 atom stereocenters. The van der Waals surface area contributed by atoms with E-state index in [-0.39, 0.29) is 16.8 Å². The Morgan fingerprint density at radius 1 is 0.893 bits per heavy atom. The highest BCUT2D eigenvalue weighted by Gasteiger charge is 2.22. The van der Waals surface area contributed by atoms with Crippen molar-refractivity contribution in [2.45, 2.75) is 16.7 Å². The summed E-state index contributed by atoms with van der Waals surface area (Å²) in [5.41, 5.74) is -0.478. The largest absolute Gasteiger partial charge is 0.388 e. The van der Waals surface area contributed by atoms with Crippen LogP contribution in [-0.4, -0.2) is 44.7 Å². The quantitative estimate of drug-likeness (QED) is 0.395. The summed E-state index contributed by atoms with van der Waals surface area (Å²) in [4.78, 5) is 22.6. The molecule has 0 fully saturated rings. The molecule has 0 spiro atoms. The molecule has 12 heteroatoms. The molecule has 2 aromatic carbocycles. The Morgan fingerprint density at radius 3 is 2.00 bits per heavy atom. The Morgan fingerprint density at radius 2 is 1.50 bits per heavy atom. The Bertz CT molecular complexity index is 1170. The lowest BCUT2D eigenvalue weighted by Crippen LogP contribution is -2.16. The summed E-state index contributed by atoms with van der Waals surface area (Å²) >= 11 is 0. The summed E-state index contributed by atoms with van der Waals surface area (Å²) in [6, 6.07) is 6.72. The number of rotatable bonds is 6. The number of nitrogens with one attached hydrogen (secondary N) is 2. The van der Waals surface area contributed by atoms with E-state index in [1.54, 1.807) is 0 Å². The molecule has 4 N–H and O–H groups in total. The van der Waals surface area contributed by atoms with Crippen molar-refractivity contribution < 1.29 is 35.5 Å². The number of benzene rings is 2. The molecule has 0 unspecified atom stereocenters. The number of hydrogen-bond acceptors (Lipinski definition) is 7. The first-order valence-electron chi connectivity index (χ1n) is 7.57. The van der Waals surface area contributed by atoms with Gasteiger partial charge in [0.1, 0.15) is 9.79 Å².